The van der Waals surface area contributed by atoms with Crippen LogP contribution in [0.1, 0.15) is 6.42 Å². The summed E-state index contributed by atoms with van der Waals surface area (Å²) in [7, 11) is 0. The lowest BCUT2D eigenvalue weighted by atomic mass is 9.88. The SMILES string of the molecule is Clc1cc(N2CC[C@H]3CNC[C@H]3C2)cnc1Cl. The van der Waals surface area contributed by atoms with Crippen LogP contribution in [-0.4, -0.2) is 31.2 Å². The number of nitrogens with zero attached hydrogens (tertiary/aromatic N) is 2. The van der Waals surface area contributed by atoms with Gasteiger partial charge in [-0.2, -0.15) is 0 Å². The van der Waals surface area contributed by atoms with Gasteiger partial charge in [0.1, 0.15) is 5.15 Å². The predicted octanol–water partition coefficient (Wildman–Crippen LogP) is 2.43. The monoisotopic (exact) mass is 271 g/mol. The average molecular weight is 272 g/mol. The van der Waals surface area contributed by atoms with Crippen LogP contribution in [0.25, 0.3) is 0 Å². The Kier molecular flexibility index (Phi) is 3.16. The summed E-state index contributed by atoms with van der Waals surface area (Å²) in [5.41, 5.74) is 1.09. The molecule has 2 atom stereocenters. The Morgan fingerprint density at radius 2 is 2.12 bits per heavy atom. The van der Waals surface area contributed by atoms with Crippen LogP contribution in [-0.2, 0) is 0 Å². The summed E-state index contributed by atoms with van der Waals surface area (Å²) < 4.78 is 0. The third kappa shape index (κ3) is 2.24. The Morgan fingerprint density at radius 3 is 2.94 bits per heavy atom. The lowest BCUT2D eigenvalue weighted by Crippen LogP contribution is -2.40. The number of hydrogen-bond donors (Lipinski definition) is 1. The first-order valence-electron chi connectivity index (χ1n) is 6.01. The molecule has 0 radical (unpaired) electrons. The van der Waals surface area contributed by atoms with Crippen molar-refractivity contribution in [2.45, 2.75) is 6.42 Å². The lowest BCUT2D eigenvalue weighted by molar-refractivity contribution is 0.349. The van der Waals surface area contributed by atoms with Gasteiger partial charge in [-0.05, 0) is 37.4 Å². The first-order valence-corrected chi connectivity index (χ1v) is 6.76. The number of pyridine rings is 1. The second kappa shape index (κ2) is 4.63. The topological polar surface area (TPSA) is 28.2 Å². The standard InChI is InChI=1S/C12H15Cl2N3/c13-11-3-10(6-16-12(11)14)17-2-1-8-4-15-5-9(8)7-17/h3,6,8-9,15H,1-2,4-5,7H2/t8-,9-/m0/s1. The highest BCUT2D eigenvalue weighted by atomic mass is 35.5. The van der Waals surface area contributed by atoms with Gasteiger partial charge in [0.25, 0.3) is 0 Å². The number of rotatable bonds is 1. The van der Waals surface area contributed by atoms with Gasteiger partial charge >= 0.3 is 0 Å². The number of nitrogens with one attached hydrogen (secondary N) is 1. The highest BCUT2D eigenvalue weighted by Gasteiger charge is 2.32. The van der Waals surface area contributed by atoms with Crippen molar-refractivity contribution in [3.8, 4) is 0 Å². The molecule has 3 heterocycles. The number of fused-ring (bicyclic) bond motifs is 1. The molecule has 2 saturated heterocycles. The van der Waals surface area contributed by atoms with Gasteiger partial charge in [0.05, 0.1) is 16.9 Å². The maximum atomic E-state index is 6.01. The van der Waals surface area contributed by atoms with E-state index in [-0.39, 0.29) is 0 Å². The van der Waals surface area contributed by atoms with Gasteiger partial charge in [-0.25, -0.2) is 4.98 Å². The zero-order valence-electron chi connectivity index (χ0n) is 9.50. The van der Waals surface area contributed by atoms with Crippen LogP contribution < -0.4 is 10.2 Å². The molecule has 17 heavy (non-hydrogen) atoms. The van der Waals surface area contributed by atoms with E-state index >= 15 is 0 Å². The molecule has 1 aromatic rings. The van der Waals surface area contributed by atoms with Crippen molar-refractivity contribution in [3.63, 3.8) is 0 Å². The molecule has 2 aliphatic rings. The fourth-order valence-electron chi connectivity index (χ4n) is 2.85. The van der Waals surface area contributed by atoms with Gasteiger partial charge in [-0.15, -0.1) is 0 Å². The molecule has 5 heteroatoms. The van der Waals surface area contributed by atoms with Gasteiger partial charge in [0.15, 0.2) is 0 Å². The molecule has 0 saturated carbocycles. The Balaban J connectivity index is 1.78. The molecule has 1 aromatic heterocycles. The number of piperidine rings is 1. The van der Waals surface area contributed by atoms with E-state index in [2.05, 4.69) is 15.2 Å². The van der Waals surface area contributed by atoms with Crippen molar-refractivity contribution < 1.29 is 0 Å². The van der Waals surface area contributed by atoms with E-state index in [9.17, 15) is 0 Å². The zero-order chi connectivity index (χ0) is 11.8. The summed E-state index contributed by atoms with van der Waals surface area (Å²) in [5, 5.41) is 4.39. The molecule has 0 spiro atoms. The molecule has 2 aliphatic heterocycles. The minimum Gasteiger partial charge on any atom is -0.370 e. The minimum absolute atomic E-state index is 0.382. The fraction of sp³-hybridized carbons (Fsp3) is 0.583. The molecule has 3 rings (SSSR count). The molecule has 2 fully saturated rings. The number of hydrogen-bond acceptors (Lipinski definition) is 3. The molecule has 0 aliphatic carbocycles. The second-order valence-corrected chi connectivity index (χ2v) is 5.64. The Labute approximate surface area is 111 Å². The largest absolute Gasteiger partial charge is 0.370 e. The molecule has 92 valence electrons. The third-order valence-electron chi connectivity index (χ3n) is 3.85. The number of aromatic nitrogens is 1. The van der Waals surface area contributed by atoms with Crippen LogP contribution in [0.5, 0.6) is 0 Å². The average Bonchev–Trinajstić information content (AvgIpc) is 2.79. The van der Waals surface area contributed by atoms with Gasteiger partial charge in [-0.3, -0.25) is 0 Å². The van der Waals surface area contributed by atoms with E-state index in [1.807, 2.05) is 12.3 Å². The van der Waals surface area contributed by atoms with Crippen LogP contribution >= 0.6 is 23.2 Å². The summed E-state index contributed by atoms with van der Waals surface area (Å²) in [4.78, 5) is 6.48. The van der Waals surface area contributed by atoms with Crippen LogP contribution in [0, 0.1) is 11.8 Å². The van der Waals surface area contributed by atoms with E-state index < -0.39 is 0 Å². The molecule has 0 bridgehead atoms. The van der Waals surface area contributed by atoms with Crippen LogP contribution in [0.3, 0.4) is 0 Å². The van der Waals surface area contributed by atoms with Gasteiger partial charge in [0.2, 0.25) is 0 Å². The minimum atomic E-state index is 0.382. The molecule has 0 unspecified atom stereocenters. The van der Waals surface area contributed by atoms with Crippen molar-refractivity contribution in [1.82, 2.24) is 10.3 Å². The van der Waals surface area contributed by atoms with Crippen molar-refractivity contribution in [2.24, 2.45) is 11.8 Å². The summed E-state index contributed by atoms with van der Waals surface area (Å²) in [6, 6.07) is 1.92. The predicted molar refractivity (Wildman–Crippen MR) is 70.9 cm³/mol. The first-order chi connectivity index (χ1) is 8.24. The Hall–Kier alpha value is -0.510. The van der Waals surface area contributed by atoms with E-state index in [1.54, 1.807) is 0 Å². The molecule has 1 N–H and O–H groups in total. The third-order valence-corrected chi connectivity index (χ3v) is 4.54. The Morgan fingerprint density at radius 1 is 1.29 bits per heavy atom. The molecule has 0 amide bonds. The normalized spacial score (nSPS) is 28.2. The van der Waals surface area contributed by atoms with Gasteiger partial charge in [-0.1, -0.05) is 23.2 Å². The molecular formula is C12H15Cl2N3. The van der Waals surface area contributed by atoms with E-state index in [0.717, 1.165) is 37.2 Å². The van der Waals surface area contributed by atoms with Crippen molar-refractivity contribution in [3.05, 3.63) is 22.4 Å². The zero-order valence-corrected chi connectivity index (χ0v) is 11.0. The summed E-state index contributed by atoms with van der Waals surface area (Å²) in [5.74, 6) is 1.61. The van der Waals surface area contributed by atoms with Crippen LogP contribution in [0.2, 0.25) is 10.2 Å². The van der Waals surface area contributed by atoms with Crippen molar-refractivity contribution >= 4 is 28.9 Å². The number of anilines is 1. The van der Waals surface area contributed by atoms with E-state index in [1.165, 1.54) is 13.0 Å². The van der Waals surface area contributed by atoms with Crippen molar-refractivity contribution in [2.75, 3.05) is 31.1 Å². The quantitative estimate of drug-likeness (QED) is 0.796. The highest BCUT2D eigenvalue weighted by Crippen LogP contribution is 2.31. The first kappa shape index (κ1) is 11.6. The maximum absolute atomic E-state index is 6.01. The van der Waals surface area contributed by atoms with E-state index in [0.29, 0.717) is 10.2 Å². The van der Waals surface area contributed by atoms with Gasteiger partial charge in [0, 0.05) is 13.1 Å². The lowest BCUT2D eigenvalue weighted by Gasteiger charge is -2.35. The van der Waals surface area contributed by atoms with E-state index in [4.69, 9.17) is 23.2 Å². The molecule has 3 nitrogen and oxygen atoms in total. The van der Waals surface area contributed by atoms with Crippen molar-refractivity contribution in [1.29, 1.82) is 0 Å². The molecule has 0 aromatic carbocycles. The highest BCUT2D eigenvalue weighted by molar-refractivity contribution is 6.41. The Bertz CT molecular complexity index is 424. The summed E-state index contributed by atoms with van der Waals surface area (Å²) in [6.45, 7) is 4.49. The molecular weight excluding hydrogens is 257 g/mol. The van der Waals surface area contributed by atoms with Crippen LogP contribution in [0.4, 0.5) is 5.69 Å². The second-order valence-electron chi connectivity index (χ2n) is 4.88. The fourth-order valence-corrected chi connectivity index (χ4v) is 3.12. The number of halogens is 2. The maximum Gasteiger partial charge on any atom is 0.147 e. The van der Waals surface area contributed by atoms with Gasteiger partial charge < -0.3 is 10.2 Å². The smallest absolute Gasteiger partial charge is 0.147 e. The summed E-state index contributed by atoms with van der Waals surface area (Å²) in [6.07, 6.45) is 3.06. The summed E-state index contributed by atoms with van der Waals surface area (Å²) >= 11 is 11.8. The van der Waals surface area contributed by atoms with Crippen LogP contribution in [0.15, 0.2) is 12.3 Å².